The second-order valence-electron chi connectivity index (χ2n) is 14.3. The van der Waals surface area contributed by atoms with Crippen molar-refractivity contribution >= 4 is 65.4 Å². The summed E-state index contributed by atoms with van der Waals surface area (Å²) in [4.78, 5) is 10.3. The van der Waals surface area contributed by atoms with Gasteiger partial charge in [0.25, 0.3) is 0 Å². The summed E-state index contributed by atoms with van der Waals surface area (Å²) in [6.07, 6.45) is 0. The normalized spacial score (nSPS) is 11.9. The maximum Gasteiger partial charge on any atom is 0.0974 e. The second kappa shape index (κ2) is 11.7. The van der Waals surface area contributed by atoms with Crippen LogP contribution in [0.3, 0.4) is 0 Å². The summed E-state index contributed by atoms with van der Waals surface area (Å²) < 4.78 is 4.73. The van der Waals surface area contributed by atoms with E-state index in [4.69, 9.17) is 9.97 Å². The van der Waals surface area contributed by atoms with Gasteiger partial charge in [0.15, 0.2) is 0 Å². The zero-order valence-electron chi connectivity index (χ0n) is 30.0. The van der Waals surface area contributed by atoms with Gasteiger partial charge in [0.1, 0.15) is 0 Å². The van der Waals surface area contributed by atoms with E-state index < -0.39 is 0 Å². The summed E-state index contributed by atoms with van der Waals surface area (Å²) in [6, 6.07) is 61.4. The molecule has 0 aliphatic carbocycles. The molecule has 0 spiro atoms. The average molecular weight is 691 g/mol. The number of fused-ring (bicyclic) bond motifs is 9. The van der Waals surface area contributed by atoms with Gasteiger partial charge in [-0.05, 0) is 96.8 Å². The van der Waals surface area contributed by atoms with Crippen molar-refractivity contribution in [3.05, 3.63) is 181 Å². The van der Waals surface area contributed by atoms with Gasteiger partial charge in [-0.2, -0.15) is 0 Å². The Hall–Kier alpha value is -7.04. The van der Waals surface area contributed by atoms with Crippen molar-refractivity contribution < 1.29 is 0 Å². The molecule has 0 saturated carbocycles. The molecule has 0 radical (unpaired) electrons. The summed E-state index contributed by atoms with van der Waals surface area (Å²) in [5, 5.41) is 7.26. The molecule has 0 amide bonds. The van der Waals surface area contributed by atoms with Crippen LogP contribution in [0.4, 0.5) is 0 Å². The summed E-state index contributed by atoms with van der Waals surface area (Å²) in [5.41, 5.74) is 15.6. The minimum atomic E-state index is 0.931. The number of benzene rings is 7. The minimum Gasteiger partial charge on any atom is -0.309 e. The van der Waals surface area contributed by atoms with E-state index in [1.54, 1.807) is 0 Å². The molecule has 0 N–H and O–H groups in total. The van der Waals surface area contributed by atoms with Gasteiger partial charge in [0.2, 0.25) is 0 Å². The van der Waals surface area contributed by atoms with Crippen molar-refractivity contribution in [3.63, 3.8) is 0 Å². The Morgan fingerprint density at radius 3 is 0.981 bits per heavy atom. The highest BCUT2D eigenvalue weighted by atomic mass is 15.0. The van der Waals surface area contributed by atoms with Crippen LogP contribution in [-0.4, -0.2) is 19.1 Å². The molecule has 7 aromatic carbocycles. The van der Waals surface area contributed by atoms with Crippen molar-refractivity contribution in [1.82, 2.24) is 19.1 Å². The van der Waals surface area contributed by atoms with E-state index in [2.05, 4.69) is 193 Å². The number of para-hydroxylation sites is 4. The van der Waals surface area contributed by atoms with E-state index in [1.807, 2.05) is 0 Å². The highest BCUT2D eigenvalue weighted by molar-refractivity contribution is 6.13. The first-order chi connectivity index (χ1) is 26.6. The molecule has 54 heavy (non-hydrogen) atoms. The molecule has 0 aliphatic heterocycles. The predicted octanol–water partition coefficient (Wildman–Crippen LogP) is 12.9. The first kappa shape index (κ1) is 30.6. The number of hydrogen-bond acceptors (Lipinski definition) is 2. The third kappa shape index (κ3) is 4.56. The zero-order chi connectivity index (χ0) is 35.9. The molecular formula is C50H34N4. The van der Waals surface area contributed by atoms with Crippen molar-refractivity contribution in [2.45, 2.75) is 13.8 Å². The number of hydrogen-bond donors (Lipinski definition) is 0. The molecule has 0 fully saturated rings. The Morgan fingerprint density at radius 1 is 0.333 bits per heavy atom. The summed E-state index contributed by atoms with van der Waals surface area (Å²) in [6.45, 7) is 4.16. The lowest BCUT2D eigenvalue weighted by Gasteiger charge is -2.15. The van der Waals surface area contributed by atoms with Gasteiger partial charge in [-0.3, -0.25) is 9.97 Å². The summed E-state index contributed by atoms with van der Waals surface area (Å²) in [5.74, 6) is 0. The van der Waals surface area contributed by atoms with Crippen molar-refractivity contribution in [1.29, 1.82) is 0 Å². The van der Waals surface area contributed by atoms with E-state index >= 15 is 0 Å². The van der Waals surface area contributed by atoms with E-state index in [9.17, 15) is 0 Å². The van der Waals surface area contributed by atoms with E-state index in [0.717, 1.165) is 66.8 Å². The summed E-state index contributed by atoms with van der Waals surface area (Å²) >= 11 is 0. The Kier molecular flexibility index (Phi) is 6.65. The molecule has 254 valence electrons. The van der Waals surface area contributed by atoms with Crippen LogP contribution in [-0.2, 0) is 0 Å². The zero-order valence-corrected chi connectivity index (χ0v) is 30.0. The molecule has 11 rings (SSSR count). The van der Waals surface area contributed by atoms with Crippen LogP contribution >= 0.6 is 0 Å². The molecule has 0 atom stereocenters. The van der Waals surface area contributed by atoms with Crippen LogP contribution in [0.2, 0.25) is 0 Å². The molecule has 4 heterocycles. The van der Waals surface area contributed by atoms with Gasteiger partial charge in [-0.1, -0.05) is 109 Å². The fourth-order valence-corrected chi connectivity index (χ4v) is 8.69. The van der Waals surface area contributed by atoms with E-state index in [-0.39, 0.29) is 0 Å². The van der Waals surface area contributed by atoms with E-state index in [1.165, 1.54) is 43.6 Å². The largest absolute Gasteiger partial charge is 0.309 e. The van der Waals surface area contributed by atoms with Crippen LogP contribution in [0.5, 0.6) is 0 Å². The monoisotopic (exact) mass is 690 g/mol. The van der Waals surface area contributed by atoms with Crippen LogP contribution in [0, 0.1) is 13.8 Å². The van der Waals surface area contributed by atoms with Crippen LogP contribution < -0.4 is 0 Å². The van der Waals surface area contributed by atoms with Gasteiger partial charge in [-0.15, -0.1) is 0 Å². The molecule has 4 aromatic heterocycles. The van der Waals surface area contributed by atoms with Crippen LogP contribution in [0.15, 0.2) is 170 Å². The molecule has 0 bridgehead atoms. The standard InChI is InChI=1S/C50H34N4/c1-31-29-43(33-19-23-35(24-20-33)53-45-15-7-3-11-37(45)38-12-4-8-16-46(38)53)41-27-28-42-44(30-32(2)52-50(42)49(41)51-31)34-21-25-36(26-22-34)54-47-17-9-5-13-39(47)40-14-6-10-18-48(40)54/h3-30H,1-2H3. The molecule has 0 unspecified atom stereocenters. The highest BCUT2D eigenvalue weighted by Gasteiger charge is 2.17. The van der Waals surface area contributed by atoms with Crippen molar-refractivity contribution in [3.8, 4) is 33.6 Å². The quantitative estimate of drug-likeness (QED) is 0.172. The Bertz CT molecular complexity index is 2950. The number of rotatable bonds is 4. The highest BCUT2D eigenvalue weighted by Crippen LogP contribution is 2.39. The Labute approximate surface area is 312 Å². The maximum absolute atomic E-state index is 5.13. The van der Waals surface area contributed by atoms with Gasteiger partial charge in [0, 0.05) is 55.1 Å². The predicted molar refractivity (Wildman–Crippen MR) is 226 cm³/mol. The summed E-state index contributed by atoms with van der Waals surface area (Å²) in [7, 11) is 0. The molecule has 4 nitrogen and oxygen atoms in total. The maximum atomic E-state index is 5.13. The topological polar surface area (TPSA) is 35.6 Å². The first-order valence-electron chi connectivity index (χ1n) is 18.5. The number of nitrogens with zero attached hydrogens (tertiary/aromatic N) is 4. The number of aryl methyl sites for hydroxylation is 2. The smallest absolute Gasteiger partial charge is 0.0974 e. The Balaban J connectivity index is 1.02. The Morgan fingerprint density at radius 2 is 0.648 bits per heavy atom. The second-order valence-corrected chi connectivity index (χ2v) is 14.3. The molecule has 0 saturated heterocycles. The van der Waals surface area contributed by atoms with Crippen molar-refractivity contribution in [2.24, 2.45) is 0 Å². The fraction of sp³-hybridized carbons (Fsp3) is 0.0400. The molecule has 0 aliphatic rings. The van der Waals surface area contributed by atoms with Gasteiger partial charge < -0.3 is 9.13 Å². The fourth-order valence-electron chi connectivity index (χ4n) is 8.69. The van der Waals surface area contributed by atoms with Crippen LogP contribution in [0.1, 0.15) is 11.4 Å². The van der Waals surface area contributed by atoms with Crippen molar-refractivity contribution in [2.75, 3.05) is 0 Å². The van der Waals surface area contributed by atoms with Crippen LogP contribution in [0.25, 0.3) is 99.0 Å². The minimum absolute atomic E-state index is 0.931. The lowest BCUT2D eigenvalue weighted by atomic mass is 9.95. The van der Waals surface area contributed by atoms with Gasteiger partial charge >= 0.3 is 0 Å². The molecule has 4 heteroatoms. The van der Waals surface area contributed by atoms with Gasteiger partial charge in [-0.25, -0.2) is 0 Å². The SMILES string of the molecule is Cc1cc(-c2ccc(-n3c4ccccc4c4ccccc43)cc2)c2ccc3c(-c4ccc(-n5c6ccccc6c6ccccc65)cc4)cc(C)nc3c2n1. The lowest BCUT2D eigenvalue weighted by Crippen LogP contribution is -1.96. The van der Waals surface area contributed by atoms with Gasteiger partial charge in [0.05, 0.1) is 33.1 Å². The number of aromatic nitrogens is 4. The lowest BCUT2D eigenvalue weighted by molar-refractivity contribution is 1.18. The first-order valence-corrected chi connectivity index (χ1v) is 18.5. The average Bonchev–Trinajstić information content (AvgIpc) is 3.74. The molecular weight excluding hydrogens is 657 g/mol. The third-order valence-corrected chi connectivity index (χ3v) is 11.0. The van der Waals surface area contributed by atoms with E-state index in [0.29, 0.717) is 0 Å². The molecule has 11 aromatic rings. The number of pyridine rings is 2. The third-order valence-electron chi connectivity index (χ3n) is 11.0.